The molecule has 0 aliphatic carbocycles. The van der Waals surface area contributed by atoms with Gasteiger partial charge < -0.3 is 5.73 Å². The molecule has 0 spiro atoms. The van der Waals surface area contributed by atoms with Crippen LogP contribution in [0.4, 0.5) is 0 Å². The van der Waals surface area contributed by atoms with E-state index in [1.807, 2.05) is 0 Å². The smallest absolute Gasteiger partial charge is 0.0244 e. The van der Waals surface area contributed by atoms with E-state index in [2.05, 4.69) is 18.7 Å². The molecule has 0 amide bonds. The second-order valence-electron chi connectivity index (χ2n) is 3.55. The fraction of sp³-hybridized carbons (Fsp3) is 1.00. The van der Waals surface area contributed by atoms with Crippen molar-refractivity contribution >= 4 is 0 Å². The number of nitrogens with zero attached hydrogens (tertiary/aromatic N) is 1. The molecule has 0 aromatic heterocycles. The van der Waals surface area contributed by atoms with Crippen LogP contribution < -0.4 is 5.73 Å². The first kappa shape index (κ1) is 9.01. The normalized spacial score (nSPS) is 30.3. The quantitative estimate of drug-likeness (QED) is 0.651. The maximum Gasteiger partial charge on any atom is 0.0244 e. The van der Waals surface area contributed by atoms with Crippen LogP contribution in [0, 0.1) is 0 Å². The number of hydrogen-bond donors (Lipinski definition) is 1. The minimum Gasteiger partial charge on any atom is -0.327 e. The van der Waals surface area contributed by atoms with Gasteiger partial charge in [-0.15, -0.1) is 0 Å². The van der Waals surface area contributed by atoms with Crippen molar-refractivity contribution in [3.8, 4) is 0 Å². The summed E-state index contributed by atoms with van der Waals surface area (Å²) < 4.78 is 0. The lowest BCUT2D eigenvalue weighted by molar-refractivity contribution is 0.138. The van der Waals surface area contributed by atoms with Gasteiger partial charge in [-0.05, 0) is 32.9 Å². The van der Waals surface area contributed by atoms with Gasteiger partial charge in [0.1, 0.15) is 0 Å². The first-order valence-corrected chi connectivity index (χ1v) is 4.75. The summed E-state index contributed by atoms with van der Waals surface area (Å²) in [5.74, 6) is 0. The van der Waals surface area contributed by atoms with Crippen molar-refractivity contribution in [1.29, 1.82) is 0 Å². The van der Waals surface area contributed by atoms with Gasteiger partial charge in [-0.3, -0.25) is 4.90 Å². The third-order valence-corrected chi connectivity index (χ3v) is 2.68. The molecule has 0 radical (unpaired) electrons. The van der Waals surface area contributed by atoms with Crippen molar-refractivity contribution in [1.82, 2.24) is 4.90 Å². The van der Waals surface area contributed by atoms with Crippen LogP contribution in [0.2, 0.25) is 0 Å². The molecule has 66 valence electrons. The van der Waals surface area contributed by atoms with Gasteiger partial charge in [-0.25, -0.2) is 0 Å². The van der Waals surface area contributed by atoms with Crippen molar-refractivity contribution in [3.05, 3.63) is 0 Å². The largest absolute Gasteiger partial charge is 0.327 e. The van der Waals surface area contributed by atoms with Crippen LogP contribution in [0.15, 0.2) is 0 Å². The summed E-state index contributed by atoms with van der Waals surface area (Å²) in [6.07, 6.45) is 4.02. The fourth-order valence-electron chi connectivity index (χ4n) is 2.00. The second kappa shape index (κ2) is 4.07. The van der Waals surface area contributed by atoms with E-state index < -0.39 is 0 Å². The summed E-state index contributed by atoms with van der Waals surface area (Å²) in [5.41, 5.74) is 5.89. The molecular weight excluding hydrogens is 136 g/mol. The van der Waals surface area contributed by atoms with Gasteiger partial charge in [-0.1, -0.05) is 13.3 Å². The summed E-state index contributed by atoms with van der Waals surface area (Å²) in [5, 5.41) is 0. The molecule has 2 N–H and O–H groups in total. The van der Waals surface area contributed by atoms with Gasteiger partial charge in [0.2, 0.25) is 0 Å². The first-order chi connectivity index (χ1) is 5.25. The molecule has 2 heteroatoms. The van der Waals surface area contributed by atoms with Crippen LogP contribution >= 0.6 is 0 Å². The lowest BCUT2D eigenvalue weighted by atomic mass is 9.97. The minimum absolute atomic E-state index is 0.343. The number of nitrogens with two attached hydrogens (primary N) is 1. The van der Waals surface area contributed by atoms with E-state index >= 15 is 0 Å². The van der Waals surface area contributed by atoms with Crippen LogP contribution in [0.5, 0.6) is 0 Å². The fourth-order valence-corrected chi connectivity index (χ4v) is 2.00. The van der Waals surface area contributed by atoms with E-state index in [1.54, 1.807) is 0 Å². The van der Waals surface area contributed by atoms with Crippen molar-refractivity contribution in [3.63, 3.8) is 0 Å². The van der Waals surface area contributed by atoms with Crippen LogP contribution in [0.25, 0.3) is 0 Å². The van der Waals surface area contributed by atoms with Crippen LogP contribution in [0.1, 0.15) is 33.1 Å². The molecule has 1 fully saturated rings. The van der Waals surface area contributed by atoms with Gasteiger partial charge in [-0.2, -0.15) is 0 Å². The van der Waals surface area contributed by atoms with E-state index in [4.69, 9.17) is 5.73 Å². The zero-order valence-electron chi connectivity index (χ0n) is 7.71. The average Bonchev–Trinajstić information content (AvgIpc) is 2.04. The van der Waals surface area contributed by atoms with E-state index in [0.29, 0.717) is 12.1 Å². The summed E-state index contributed by atoms with van der Waals surface area (Å²) in [7, 11) is 0. The number of likely N-dealkylation sites (N-methyl/N-ethyl adjacent to an activating group) is 1. The lowest BCUT2D eigenvalue weighted by Crippen LogP contribution is -2.48. The third-order valence-electron chi connectivity index (χ3n) is 2.68. The molecule has 1 aliphatic rings. The molecule has 1 rings (SSSR count). The third kappa shape index (κ3) is 2.17. The Morgan fingerprint density at radius 2 is 2.27 bits per heavy atom. The summed E-state index contributed by atoms with van der Waals surface area (Å²) >= 11 is 0. The van der Waals surface area contributed by atoms with Crippen LogP contribution in [0.3, 0.4) is 0 Å². The molecule has 0 aromatic rings. The van der Waals surface area contributed by atoms with Crippen LogP contribution in [-0.2, 0) is 0 Å². The molecule has 1 aliphatic heterocycles. The molecule has 1 heterocycles. The van der Waals surface area contributed by atoms with Gasteiger partial charge >= 0.3 is 0 Å². The predicted octanol–water partition coefficient (Wildman–Crippen LogP) is 1.21. The molecule has 11 heavy (non-hydrogen) atoms. The summed E-state index contributed by atoms with van der Waals surface area (Å²) in [6.45, 7) is 6.76. The predicted molar refractivity (Wildman–Crippen MR) is 48.5 cm³/mol. The number of rotatable bonds is 2. The Bertz CT molecular complexity index is 112. The van der Waals surface area contributed by atoms with E-state index in [1.165, 1.54) is 25.8 Å². The molecule has 2 unspecified atom stereocenters. The highest BCUT2D eigenvalue weighted by Gasteiger charge is 2.23. The van der Waals surface area contributed by atoms with E-state index in [-0.39, 0.29) is 0 Å². The van der Waals surface area contributed by atoms with Gasteiger partial charge in [0.15, 0.2) is 0 Å². The number of hydrogen-bond acceptors (Lipinski definition) is 2. The SMILES string of the molecule is CCN1CCCCC1C(C)N. The molecule has 2 atom stereocenters. The van der Waals surface area contributed by atoms with Crippen molar-refractivity contribution in [2.75, 3.05) is 13.1 Å². The molecule has 0 saturated carbocycles. The Kier molecular flexibility index (Phi) is 3.34. The number of piperidine rings is 1. The van der Waals surface area contributed by atoms with Gasteiger partial charge in [0, 0.05) is 12.1 Å². The Morgan fingerprint density at radius 3 is 2.73 bits per heavy atom. The molecule has 0 bridgehead atoms. The summed E-state index contributed by atoms with van der Waals surface area (Å²) in [4.78, 5) is 2.51. The maximum atomic E-state index is 5.89. The Labute approximate surface area is 69.8 Å². The van der Waals surface area contributed by atoms with Gasteiger partial charge in [0.25, 0.3) is 0 Å². The highest BCUT2D eigenvalue weighted by Crippen LogP contribution is 2.17. The van der Waals surface area contributed by atoms with Crippen molar-refractivity contribution < 1.29 is 0 Å². The molecular formula is C9H20N2. The Hall–Kier alpha value is -0.0800. The van der Waals surface area contributed by atoms with Crippen LogP contribution in [-0.4, -0.2) is 30.1 Å². The Morgan fingerprint density at radius 1 is 1.55 bits per heavy atom. The Balaban J connectivity index is 2.44. The average molecular weight is 156 g/mol. The van der Waals surface area contributed by atoms with E-state index in [0.717, 1.165) is 6.54 Å². The van der Waals surface area contributed by atoms with Crippen molar-refractivity contribution in [2.45, 2.75) is 45.2 Å². The maximum absolute atomic E-state index is 5.89. The first-order valence-electron chi connectivity index (χ1n) is 4.75. The number of likely N-dealkylation sites (tertiary alicyclic amines) is 1. The standard InChI is InChI=1S/C9H20N2/c1-3-11-7-5-4-6-9(11)8(2)10/h8-9H,3-7,10H2,1-2H3. The molecule has 0 aromatic carbocycles. The zero-order chi connectivity index (χ0) is 8.27. The monoisotopic (exact) mass is 156 g/mol. The highest BCUT2D eigenvalue weighted by molar-refractivity contribution is 4.81. The minimum atomic E-state index is 0.343. The van der Waals surface area contributed by atoms with Gasteiger partial charge in [0.05, 0.1) is 0 Å². The molecule has 2 nitrogen and oxygen atoms in total. The van der Waals surface area contributed by atoms with E-state index in [9.17, 15) is 0 Å². The summed E-state index contributed by atoms with van der Waals surface area (Å²) in [6, 6.07) is 0.990. The molecule has 1 saturated heterocycles. The lowest BCUT2D eigenvalue weighted by Gasteiger charge is -2.37. The zero-order valence-corrected chi connectivity index (χ0v) is 7.71. The highest BCUT2D eigenvalue weighted by atomic mass is 15.2. The van der Waals surface area contributed by atoms with Crippen molar-refractivity contribution in [2.24, 2.45) is 5.73 Å². The second-order valence-corrected chi connectivity index (χ2v) is 3.55. The topological polar surface area (TPSA) is 29.3 Å².